The molecule has 0 spiro atoms. The molecule has 26 heavy (non-hydrogen) atoms. The van der Waals surface area contributed by atoms with E-state index in [2.05, 4.69) is 4.99 Å². The van der Waals surface area contributed by atoms with Crippen molar-refractivity contribution in [2.24, 2.45) is 4.99 Å². The summed E-state index contributed by atoms with van der Waals surface area (Å²) in [5.41, 5.74) is 2.87. The van der Waals surface area contributed by atoms with Crippen LogP contribution in [0.15, 0.2) is 41.4 Å². The second-order valence-electron chi connectivity index (χ2n) is 6.23. The van der Waals surface area contributed by atoms with E-state index < -0.39 is 0 Å². The molecule has 2 aromatic rings. The first-order chi connectivity index (χ1) is 12.5. The Labute approximate surface area is 161 Å². The number of amides is 1. The van der Waals surface area contributed by atoms with Gasteiger partial charge in [-0.3, -0.25) is 9.69 Å². The van der Waals surface area contributed by atoms with Crippen LogP contribution < -0.4 is 9.47 Å². The Hall–Kier alpha value is -2.18. The van der Waals surface area contributed by atoms with Gasteiger partial charge >= 0.3 is 0 Å². The van der Waals surface area contributed by atoms with Crippen LogP contribution in [0.25, 0.3) is 0 Å². The SMILES string of the molecule is Cc1ccc(N=C2S[C@H](Cc3cc4c(cc3Cl)OCO4)C(=O)N2C)cc1. The van der Waals surface area contributed by atoms with Crippen LogP contribution in [0.3, 0.4) is 0 Å². The minimum atomic E-state index is -0.262. The van der Waals surface area contributed by atoms with Gasteiger partial charge in [0.2, 0.25) is 12.7 Å². The molecule has 2 aliphatic rings. The second kappa shape index (κ2) is 6.85. The number of nitrogens with zero attached hydrogens (tertiary/aromatic N) is 2. The average molecular weight is 389 g/mol. The van der Waals surface area contributed by atoms with Crippen molar-refractivity contribution in [2.45, 2.75) is 18.6 Å². The topological polar surface area (TPSA) is 51.1 Å². The van der Waals surface area contributed by atoms with Gasteiger partial charge in [0.15, 0.2) is 16.7 Å². The number of thioether (sulfide) groups is 1. The molecule has 0 unspecified atom stereocenters. The minimum Gasteiger partial charge on any atom is -0.454 e. The predicted octanol–water partition coefficient (Wildman–Crippen LogP) is 4.18. The van der Waals surface area contributed by atoms with Crippen LogP contribution >= 0.6 is 23.4 Å². The summed E-state index contributed by atoms with van der Waals surface area (Å²) in [7, 11) is 1.75. The molecule has 2 aromatic carbocycles. The van der Waals surface area contributed by atoms with Crippen molar-refractivity contribution >= 4 is 40.1 Å². The zero-order chi connectivity index (χ0) is 18.3. The maximum absolute atomic E-state index is 12.6. The zero-order valence-corrected chi connectivity index (χ0v) is 15.9. The summed E-state index contributed by atoms with van der Waals surface area (Å²) < 4.78 is 10.7. The first-order valence-electron chi connectivity index (χ1n) is 8.19. The van der Waals surface area contributed by atoms with Gasteiger partial charge in [-0.05, 0) is 37.1 Å². The Bertz CT molecular complexity index is 898. The summed E-state index contributed by atoms with van der Waals surface area (Å²) in [6.07, 6.45) is 0.510. The number of rotatable bonds is 3. The Morgan fingerprint density at radius 3 is 2.65 bits per heavy atom. The van der Waals surface area contributed by atoms with Crippen LogP contribution in [0.2, 0.25) is 5.02 Å². The Morgan fingerprint density at radius 2 is 1.92 bits per heavy atom. The number of halogens is 1. The highest BCUT2D eigenvalue weighted by molar-refractivity contribution is 8.15. The van der Waals surface area contributed by atoms with Crippen LogP contribution in [0.1, 0.15) is 11.1 Å². The summed E-state index contributed by atoms with van der Waals surface area (Å²) in [6, 6.07) is 11.5. The lowest BCUT2D eigenvalue weighted by Crippen LogP contribution is -2.28. The molecule has 1 amide bonds. The molecule has 4 rings (SSSR count). The summed E-state index contributed by atoms with van der Waals surface area (Å²) in [5.74, 6) is 1.33. The molecule has 0 aromatic heterocycles. The van der Waals surface area contributed by atoms with Crippen molar-refractivity contribution < 1.29 is 14.3 Å². The Kier molecular flexibility index (Phi) is 4.54. The standard InChI is InChI=1S/C19H17ClN2O3S/c1-11-3-5-13(6-4-11)21-19-22(2)18(23)17(26-19)8-12-7-15-16(9-14(12)20)25-10-24-15/h3-7,9,17H,8,10H2,1-2H3/t17-/m1/s1. The number of aryl methyl sites for hydroxylation is 1. The lowest BCUT2D eigenvalue weighted by atomic mass is 10.1. The highest BCUT2D eigenvalue weighted by atomic mass is 35.5. The fourth-order valence-corrected chi connectivity index (χ4v) is 4.26. The number of carbonyl (C=O) groups excluding carboxylic acids is 1. The van der Waals surface area contributed by atoms with Crippen molar-refractivity contribution in [3.63, 3.8) is 0 Å². The molecule has 7 heteroatoms. The van der Waals surface area contributed by atoms with E-state index in [0.717, 1.165) is 11.3 Å². The largest absolute Gasteiger partial charge is 0.454 e. The highest BCUT2D eigenvalue weighted by Crippen LogP contribution is 2.39. The third-order valence-corrected chi connectivity index (χ3v) is 5.93. The molecule has 0 radical (unpaired) electrons. The van der Waals surface area contributed by atoms with Gasteiger partial charge in [0.25, 0.3) is 0 Å². The van der Waals surface area contributed by atoms with Crippen molar-refractivity contribution in [3.05, 3.63) is 52.5 Å². The average Bonchev–Trinajstić information content (AvgIpc) is 3.17. The molecule has 0 N–H and O–H groups in total. The molecule has 1 saturated heterocycles. The summed E-state index contributed by atoms with van der Waals surface area (Å²) in [5, 5.41) is 1.01. The summed E-state index contributed by atoms with van der Waals surface area (Å²) >= 11 is 7.81. The van der Waals surface area contributed by atoms with E-state index in [1.165, 1.54) is 17.3 Å². The smallest absolute Gasteiger partial charge is 0.242 e. The van der Waals surface area contributed by atoms with Gasteiger partial charge in [-0.2, -0.15) is 0 Å². The predicted molar refractivity (Wildman–Crippen MR) is 104 cm³/mol. The van der Waals surface area contributed by atoms with Gasteiger partial charge in [0.05, 0.1) is 10.9 Å². The van der Waals surface area contributed by atoms with E-state index in [4.69, 9.17) is 21.1 Å². The second-order valence-corrected chi connectivity index (χ2v) is 7.81. The van der Waals surface area contributed by atoms with E-state index in [0.29, 0.717) is 28.1 Å². The van der Waals surface area contributed by atoms with E-state index >= 15 is 0 Å². The lowest BCUT2D eigenvalue weighted by Gasteiger charge is -2.10. The van der Waals surface area contributed by atoms with E-state index in [9.17, 15) is 4.79 Å². The number of ether oxygens (including phenoxy) is 2. The van der Waals surface area contributed by atoms with Gasteiger partial charge in [-0.25, -0.2) is 4.99 Å². The Morgan fingerprint density at radius 1 is 1.23 bits per heavy atom. The molecule has 5 nitrogen and oxygen atoms in total. The molecule has 2 heterocycles. The lowest BCUT2D eigenvalue weighted by molar-refractivity contribution is -0.125. The first-order valence-corrected chi connectivity index (χ1v) is 9.44. The fraction of sp³-hybridized carbons (Fsp3) is 0.263. The van der Waals surface area contributed by atoms with Crippen LogP contribution in [0, 0.1) is 6.92 Å². The number of hydrogen-bond acceptors (Lipinski definition) is 5. The van der Waals surface area contributed by atoms with Crippen LogP contribution in [-0.2, 0) is 11.2 Å². The third-order valence-electron chi connectivity index (χ3n) is 4.35. The molecule has 0 aliphatic carbocycles. The van der Waals surface area contributed by atoms with E-state index in [1.807, 2.05) is 37.3 Å². The summed E-state index contributed by atoms with van der Waals surface area (Å²) in [4.78, 5) is 18.9. The number of hydrogen-bond donors (Lipinski definition) is 0. The quantitative estimate of drug-likeness (QED) is 0.791. The third kappa shape index (κ3) is 3.27. The maximum atomic E-state index is 12.6. The first kappa shape index (κ1) is 17.2. The van der Waals surface area contributed by atoms with E-state index in [1.54, 1.807) is 18.0 Å². The molecule has 0 bridgehead atoms. The van der Waals surface area contributed by atoms with Crippen LogP contribution in [0.5, 0.6) is 11.5 Å². The van der Waals surface area contributed by atoms with Gasteiger partial charge in [-0.15, -0.1) is 0 Å². The molecule has 0 saturated carbocycles. The van der Waals surface area contributed by atoms with Crippen molar-refractivity contribution in [1.29, 1.82) is 0 Å². The minimum absolute atomic E-state index is 0.0228. The normalized spacial score (nSPS) is 20.3. The molecular weight excluding hydrogens is 372 g/mol. The van der Waals surface area contributed by atoms with Crippen molar-refractivity contribution in [2.75, 3.05) is 13.8 Å². The molecule has 1 fully saturated rings. The summed E-state index contributed by atoms with van der Waals surface area (Å²) in [6.45, 7) is 2.23. The molecule has 1 atom stereocenters. The highest BCUT2D eigenvalue weighted by Gasteiger charge is 2.36. The van der Waals surface area contributed by atoms with Crippen LogP contribution in [-0.4, -0.2) is 35.1 Å². The van der Waals surface area contributed by atoms with Crippen molar-refractivity contribution in [3.8, 4) is 11.5 Å². The van der Waals surface area contributed by atoms with Crippen molar-refractivity contribution in [1.82, 2.24) is 4.90 Å². The molecule has 2 aliphatic heterocycles. The number of amidine groups is 1. The number of carbonyl (C=O) groups is 1. The molecule has 134 valence electrons. The van der Waals surface area contributed by atoms with Gasteiger partial charge in [0, 0.05) is 18.1 Å². The van der Waals surface area contributed by atoms with Crippen LogP contribution in [0.4, 0.5) is 5.69 Å². The maximum Gasteiger partial charge on any atom is 0.242 e. The monoisotopic (exact) mass is 388 g/mol. The number of aliphatic imine (C=N–C) groups is 1. The number of benzene rings is 2. The van der Waals surface area contributed by atoms with Gasteiger partial charge < -0.3 is 9.47 Å². The number of fused-ring (bicyclic) bond motifs is 1. The zero-order valence-electron chi connectivity index (χ0n) is 14.4. The van der Waals surface area contributed by atoms with E-state index in [-0.39, 0.29) is 18.0 Å². The molecular formula is C19H17ClN2O3S. The fourth-order valence-electron chi connectivity index (χ4n) is 2.84. The Balaban J connectivity index is 1.55. The van der Waals surface area contributed by atoms with Gasteiger partial charge in [-0.1, -0.05) is 41.1 Å². The van der Waals surface area contributed by atoms with Gasteiger partial charge in [0.1, 0.15) is 0 Å².